The SMILES string of the molecule is Cc1ccc(C(=O)NCC(=O)OCc2c(F)cccc2Cl)cc1. The lowest BCUT2D eigenvalue weighted by molar-refractivity contribution is -0.143. The van der Waals surface area contributed by atoms with E-state index < -0.39 is 11.8 Å². The molecule has 2 rings (SSSR count). The van der Waals surface area contributed by atoms with Crippen LogP contribution in [-0.2, 0) is 16.1 Å². The quantitative estimate of drug-likeness (QED) is 0.853. The normalized spacial score (nSPS) is 10.2. The summed E-state index contributed by atoms with van der Waals surface area (Å²) in [6.45, 7) is 1.32. The summed E-state index contributed by atoms with van der Waals surface area (Å²) in [5.74, 6) is -1.61. The van der Waals surface area contributed by atoms with Gasteiger partial charge < -0.3 is 10.1 Å². The molecule has 6 heteroatoms. The molecule has 23 heavy (non-hydrogen) atoms. The van der Waals surface area contributed by atoms with E-state index in [1.165, 1.54) is 18.2 Å². The van der Waals surface area contributed by atoms with Crippen molar-refractivity contribution in [3.05, 3.63) is 70.0 Å². The average molecular weight is 336 g/mol. The van der Waals surface area contributed by atoms with E-state index >= 15 is 0 Å². The third kappa shape index (κ3) is 4.79. The minimum absolute atomic E-state index is 0.104. The Morgan fingerprint density at radius 1 is 1.17 bits per heavy atom. The number of ether oxygens (including phenoxy) is 1. The van der Waals surface area contributed by atoms with Gasteiger partial charge >= 0.3 is 5.97 Å². The molecule has 0 spiro atoms. The first-order valence-corrected chi connectivity index (χ1v) is 7.28. The minimum atomic E-state index is -0.676. The average Bonchev–Trinajstić information content (AvgIpc) is 2.53. The van der Waals surface area contributed by atoms with Crippen LogP contribution in [0.1, 0.15) is 21.5 Å². The fraction of sp³-hybridized carbons (Fsp3) is 0.176. The monoisotopic (exact) mass is 335 g/mol. The third-order valence-corrected chi connectivity index (χ3v) is 3.50. The Kier molecular flexibility index (Phi) is 5.71. The van der Waals surface area contributed by atoms with Crippen molar-refractivity contribution in [3.63, 3.8) is 0 Å². The Hall–Kier alpha value is -2.40. The molecule has 0 saturated heterocycles. The van der Waals surface area contributed by atoms with E-state index in [-0.39, 0.29) is 29.6 Å². The predicted molar refractivity (Wildman–Crippen MR) is 84.7 cm³/mol. The fourth-order valence-corrected chi connectivity index (χ4v) is 2.05. The topological polar surface area (TPSA) is 55.4 Å². The lowest BCUT2D eigenvalue weighted by atomic mass is 10.1. The molecule has 0 saturated carbocycles. The van der Waals surface area contributed by atoms with Crippen LogP contribution in [0, 0.1) is 12.7 Å². The molecule has 2 aromatic rings. The number of rotatable bonds is 5. The van der Waals surface area contributed by atoms with E-state index in [1.54, 1.807) is 24.3 Å². The molecule has 0 radical (unpaired) electrons. The van der Waals surface area contributed by atoms with Gasteiger partial charge in [0, 0.05) is 11.1 Å². The van der Waals surface area contributed by atoms with Gasteiger partial charge in [-0.2, -0.15) is 0 Å². The Bertz CT molecular complexity index is 696. The van der Waals surface area contributed by atoms with Gasteiger partial charge in [0.25, 0.3) is 5.91 Å². The molecule has 0 aromatic heterocycles. The molecule has 120 valence electrons. The summed E-state index contributed by atoms with van der Waals surface area (Å²) in [6.07, 6.45) is 0. The molecule has 0 bridgehead atoms. The first kappa shape index (κ1) is 17.0. The predicted octanol–water partition coefficient (Wildman–Crippen LogP) is 3.26. The number of carbonyl (C=O) groups is 2. The Morgan fingerprint density at radius 3 is 2.52 bits per heavy atom. The molecule has 4 nitrogen and oxygen atoms in total. The van der Waals surface area contributed by atoms with Crippen LogP contribution in [0.25, 0.3) is 0 Å². The molecule has 0 aliphatic rings. The number of benzene rings is 2. The third-order valence-electron chi connectivity index (χ3n) is 3.15. The number of esters is 1. The molecule has 0 fully saturated rings. The molecule has 1 amide bonds. The summed E-state index contributed by atoms with van der Waals surface area (Å²) in [5, 5.41) is 2.63. The van der Waals surface area contributed by atoms with Crippen molar-refractivity contribution < 1.29 is 18.7 Å². The van der Waals surface area contributed by atoms with Crippen LogP contribution in [0.15, 0.2) is 42.5 Å². The van der Waals surface area contributed by atoms with E-state index in [9.17, 15) is 14.0 Å². The van der Waals surface area contributed by atoms with Crippen molar-refractivity contribution in [2.75, 3.05) is 6.54 Å². The second-order valence-electron chi connectivity index (χ2n) is 4.91. The van der Waals surface area contributed by atoms with Crippen LogP contribution in [-0.4, -0.2) is 18.4 Å². The summed E-state index contributed by atoms with van der Waals surface area (Å²) in [7, 11) is 0. The van der Waals surface area contributed by atoms with Crippen LogP contribution >= 0.6 is 11.6 Å². The zero-order valence-corrected chi connectivity index (χ0v) is 13.2. The van der Waals surface area contributed by atoms with E-state index in [0.717, 1.165) is 5.56 Å². The van der Waals surface area contributed by atoms with Gasteiger partial charge in [-0.15, -0.1) is 0 Å². The van der Waals surface area contributed by atoms with Gasteiger partial charge in [0.1, 0.15) is 19.0 Å². The number of amides is 1. The van der Waals surface area contributed by atoms with Crippen molar-refractivity contribution in [2.45, 2.75) is 13.5 Å². The van der Waals surface area contributed by atoms with Gasteiger partial charge in [0.15, 0.2) is 0 Å². The molecular formula is C17H15ClFNO3. The van der Waals surface area contributed by atoms with E-state index in [0.29, 0.717) is 5.56 Å². The van der Waals surface area contributed by atoms with Gasteiger partial charge in [-0.25, -0.2) is 4.39 Å². The Labute approximate surface area is 138 Å². The van der Waals surface area contributed by atoms with Crippen molar-refractivity contribution >= 4 is 23.5 Å². The number of carbonyl (C=O) groups excluding carboxylic acids is 2. The van der Waals surface area contributed by atoms with Gasteiger partial charge in [-0.1, -0.05) is 35.4 Å². The number of aryl methyl sites for hydroxylation is 1. The van der Waals surface area contributed by atoms with Crippen molar-refractivity contribution in [2.24, 2.45) is 0 Å². The zero-order valence-electron chi connectivity index (χ0n) is 12.4. The largest absolute Gasteiger partial charge is 0.459 e. The summed E-state index contributed by atoms with van der Waals surface area (Å²) < 4.78 is 18.4. The molecule has 0 heterocycles. The van der Waals surface area contributed by atoms with E-state index in [1.807, 2.05) is 6.92 Å². The molecule has 1 N–H and O–H groups in total. The number of halogens is 2. The van der Waals surface area contributed by atoms with Crippen molar-refractivity contribution in [3.8, 4) is 0 Å². The maximum absolute atomic E-state index is 13.5. The highest BCUT2D eigenvalue weighted by molar-refractivity contribution is 6.31. The number of nitrogens with one attached hydrogen (secondary N) is 1. The summed E-state index contributed by atoms with van der Waals surface area (Å²) in [6, 6.07) is 11.1. The van der Waals surface area contributed by atoms with Gasteiger partial charge in [0.05, 0.1) is 5.02 Å². The van der Waals surface area contributed by atoms with Crippen LogP contribution in [0.5, 0.6) is 0 Å². The minimum Gasteiger partial charge on any atom is -0.459 e. The molecule has 0 aliphatic heterocycles. The first-order valence-electron chi connectivity index (χ1n) is 6.91. The number of hydrogen-bond donors (Lipinski definition) is 1. The van der Waals surface area contributed by atoms with Crippen LogP contribution in [0.3, 0.4) is 0 Å². The number of hydrogen-bond acceptors (Lipinski definition) is 3. The standard InChI is InChI=1S/C17H15ClFNO3/c1-11-5-7-12(8-6-11)17(22)20-9-16(21)23-10-13-14(18)3-2-4-15(13)19/h2-8H,9-10H2,1H3,(H,20,22). The van der Waals surface area contributed by atoms with E-state index in [2.05, 4.69) is 5.32 Å². The van der Waals surface area contributed by atoms with E-state index in [4.69, 9.17) is 16.3 Å². The van der Waals surface area contributed by atoms with Crippen LogP contribution in [0.2, 0.25) is 5.02 Å². The van der Waals surface area contributed by atoms with Crippen LogP contribution in [0.4, 0.5) is 4.39 Å². The Balaban J connectivity index is 1.83. The summed E-state index contributed by atoms with van der Waals surface area (Å²) in [5.41, 5.74) is 1.58. The van der Waals surface area contributed by atoms with Gasteiger partial charge in [0.2, 0.25) is 0 Å². The molecule has 0 unspecified atom stereocenters. The first-order chi connectivity index (χ1) is 11.0. The van der Waals surface area contributed by atoms with Gasteiger partial charge in [-0.05, 0) is 31.2 Å². The van der Waals surface area contributed by atoms with Crippen molar-refractivity contribution in [1.82, 2.24) is 5.32 Å². The van der Waals surface area contributed by atoms with Gasteiger partial charge in [-0.3, -0.25) is 9.59 Å². The molecule has 0 aliphatic carbocycles. The smallest absolute Gasteiger partial charge is 0.325 e. The maximum Gasteiger partial charge on any atom is 0.325 e. The highest BCUT2D eigenvalue weighted by Gasteiger charge is 2.12. The highest BCUT2D eigenvalue weighted by Crippen LogP contribution is 2.19. The molecular weight excluding hydrogens is 321 g/mol. The molecule has 2 aromatic carbocycles. The van der Waals surface area contributed by atoms with Crippen molar-refractivity contribution in [1.29, 1.82) is 0 Å². The lowest BCUT2D eigenvalue weighted by Crippen LogP contribution is -2.30. The molecule has 0 atom stereocenters. The maximum atomic E-state index is 13.5. The zero-order chi connectivity index (χ0) is 16.8. The Morgan fingerprint density at radius 2 is 1.87 bits per heavy atom. The summed E-state index contributed by atoms with van der Waals surface area (Å²) >= 11 is 5.83. The summed E-state index contributed by atoms with van der Waals surface area (Å²) in [4.78, 5) is 23.5. The lowest BCUT2D eigenvalue weighted by Gasteiger charge is -2.08. The fourth-order valence-electron chi connectivity index (χ4n) is 1.83. The van der Waals surface area contributed by atoms with Crippen LogP contribution < -0.4 is 5.32 Å². The second kappa shape index (κ2) is 7.74. The second-order valence-corrected chi connectivity index (χ2v) is 5.32. The highest BCUT2D eigenvalue weighted by atomic mass is 35.5.